The SMILES string of the molecule is CC(C)NC(=O)c1ccc(NCC(=O)Nc2ccc(NC(=O)CCc3ccccc3)cc2)cc1. The fourth-order valence-corrected chi connectivity index (χ4v) is 3.24. The lowest BCUT2D eigenvalue weighted by molar-refractivity contribution is -0.116. The molecule has 7 nitrogen and oxygen atoms in total. The lowest BCUT2D eigenvalue weighted by Gasteiger charge is -2.11. The largest absolute Gasteiger partial charge is 0.376 e. The van der Waals surface area contributed by atoms with E-state index in [9.17, 15) is 14.4 Å². The molecule has 7 heteroatoms. The number of amides is 3. The molecular weight excluding hydrogens is 428 g/mol. The summed E-state index contributed by atoms with van der Waals surface area (Å²) < 4.78 is 0. The summed E-state index contributed by atoms with van der Waals surface area (Å²) in [4.78, 5) is 36.4. The maximum absolute atomic E-state index is 12.3. The third-order valence-electron chi connectivity index (χ3n) is 4.96. The first kappa shape index (κ1) is 24.5. The van der Waals surface area contributed by atoms with Gasteiger partial charge in [0.25, 0.3) is 5.91 Å². The van der Waals surface area contributed by atoms with Gasteiger partial charge in [0.15, 0.2) is 0 Å². The van der Waals surface area contributed by atoms with Gasteiger partial charge in [-0.2, -0.15) is 0 Å². The summed E-state index contributed by atoms with van der Waals surface area (Å²) in [5.74, 6) is -0.394. The van der Waals surface area contributed by atoms with Gasteiger partial charge in [0, 0.05) is 35.1 Å². The fourth-order valence-electron chi connectivity index (χ4n) is 3.24. The fraction of sp³-hybridized carbons (Fsp3) is 0.222. The molecule has 3 rings (SSSR count). The lowest BCUT2D eigenvalue weighted by Crippen LogP contribution is -2.30. The van der Waals surface area contributed by atoms with Gasteiger partial charge in [0.2, 0.25) is 11.8 Å². The summed E-state index contributed by atoms with van der Waals surface area (Å²) in [6.45, 7) is 3.89. The van der Waals surface area contributed by atoms with E-state index in [4.69, 9.17) is 0 Å². The summed E-state index contributed by atoms with van der Waals surface area (Å²) in [5, 5.41) is 11.6. The maximum atomic E-state index is 12.3. The molecule has 3 amide bonds. The number of carbonyl (C=O) groups excluding carboxylic acids is 3. The first-order valence-corrected chi connectivity index (χ1v) is 11.3. The molecule has 0 saturated carbocycles. The molecule has 0 unspecified atom stereocenters. The van der Waals surface area contributed by atoms with Gasteiger partial charge in [-0.25, -0.2) is 0 Å². The predicted molar refractivity (Wildman–Crippen MR) is 136 cm³/mol. The highest BCUT2D eigenvalue weighted by Crippen LogP contribution is 2.15. The highest BCUT2D eigenvalue weighted by Gasteiger charge is 2.08. The van der Waals surface area contributed by atoms with E-state index in [1.807, 2.05) is 44.2 Å². The van der Waals surface area contributed by atoms with Crippen LogP contribution in [-0.2, 0) is 16.0 Å². The van der Waals surface area contributed by atoms with Crippen molar-refractivity contribution in [3.63, 3.8) is 0 Å². The normalized spacial score (nSPS) is 10.4. The molecule has 0 fully saturated rings. The zero-order valence-corrected chi connectivity index (χ0v) is 19.4. The molecular formula is C27H30N4O3. The molecule has 3 aromatic rings. The average Bonchev–Trinajstić information content (AvgIpc) is 2.83. The second-order valence-electron chi connectivity index (χ2n) is 8.22. The Morgan fingerprint density at radius 2 is 1.26 bits per heavy atom. The van der Waals surface area contributed by atoms with Crippen molar-refractivity contribution in [1.29, 1.82) is 0 Å². The number of hydrogen-bond donors (Lipinski definition) is 4. The first-order chi connectivity index (χ1) is 16.4. The van der Waals surface area contributed by atoms with Crippen molar-refractivity contribution in [2.45, 2.75) is 32.7 Å². The monoisotopic (exact) mass is 458 g/mol. The predicted octanol–water partition coefficient (Wildman–Crippen LogP) is 4.45. The zero-order valence-electron chi connectivity index (χ0n) is 19.4. The average molecular weight is 459 g/mol. The van der Waals surface area contributed by atoms with Crippen molar-refractivity contribution in [1.82, 2.24) is 5.32 Å². The van der Waals surface area contributed by atoms with Crippen molar-refractivity contribution in [2.24, 2.45) is 0 Å². The molecule has 0 saturated heterocycles. The first-order valence-electron chi connectivity index (χ1n) is 11.3. The molecule has 0 aromatic heterocycles. The van der Waals surface area contributed by atoms with Gasteiger partial charge in [-0.3, -0.25) is 14.4 Å². The van der Waals surface area contributed by atoms with Gasteiger partial charge in [-0.1, -0.05) is 30.3 Å². The van der Waals surface area contributed by atoms with Crippen LogP contribution in [-0.4, -0.2) is 30.3 Å². The Bertz CT molecular complexity index is 1090. The van der Waals surface area contributed by atoms with Crippen LogP contribution in [0.1, 0.15) is 36.2 Å². The number of rotatable bonds is 10. The standard InChI is InChI=1S/C27H30N4O3/c1-19(2)29-27(34)21-9-11-22(12-10-21)28-18-26(33)31-24-15-13-23(14-16-24)30-25(32)17-8-20-6-4-3-5-7-20/h3-7,9-16,19,28H,8,17-18H2,1-2H3,(H,29,34)(H,30,32)(H,31,33). The van der Waals surface area contributed by atoms with Gasteiger partial charge < -0.3 is 21.3 Å². The minimum Gasteiger partial charge on any atom is -0.376 e. The highest BCUT2D eigenvalue weighted by molar-refractivity contribution is 5.96. The van der Waals surface area contributed by atoms with Gasteiger partial charge in [0.05, 0.1) is 6.54 Å². The van der Waals surface area contributed by atoms with Crippen molar-refractivity contribution >= 4 is 34.8 Å². The molecule has 0 radical (unpaired) electrons. The molecule has 176 valence electrons. The number of anilines is 3. The Kier molecular flexibility index (Phi) is 8.80. The van der Waals surface area contributed by atoms with Crippen LogP contribution >= 0.6 is 0 Å². The topological polar surface area (TPSA) is 99.3 Å². The van der Waals surface area contributed by atoms with Crippen molar-refractivity contribution in [3.05, 3.63) is 90.0 Å². The van der Waals surface area contributed by atoms with E-state index in [1.165, 1.54) is 0 Å². The van der Waals surface area contributed by atoms with Crippen LogP contribution < -0.4 is 21.3 Å². The molecule has 0 atom stereocenters. The van der Waals surface area contributed by atoms with E-state index in [-0.39, 0.29) is 30.3 Å². The van der Waals surface area contributed by atoms with Gasteiger partial charge in [-0.05, 0) is 74.4 Å². The smallest absolute Gasteiger partial charge is 0.251 e. The summed E-state index contributed by atoms with van der Waals surface area (Å²) in [6.07, 6.45) is 1.08. The summed E-state index contributed by atoms with van der Waals surface area (Å²) >= 11 is 0. The van der Waals surface area contributed by atoms with Crippen molar-refractivity contribution < 1.29 is 14.4 Å². The molecule has 0 bridgehead atoms. The number of aryl methyl sites for hydroxylation is 1. The molecule has 0 aliphatic carbocycles. The summed E-state index contributed by atoms with van der Waals surface area (Å²) in [6, 6.07) is 23.9. The van der Waals surface area contributed by atoms with Crippen LogP contribution in [0.3, 0.4) is 0 Å². The Morgan fingerprint density at radius 1 is 0.706 bits per heavy atom. The lowest BCUT2D eigenvalue weighted by atomic mass is 10.1. The van der Waals surface area contributed by atoms with E-state index in [1.54, 1.807) is 48.5 Å². The van der Waals surface area contributed by atoms with Crippen LogP contribution in [0.4, 0.5) is 17.1 Å². The van der Waals surface area contributed by atoms with Gasteiger partial charge >= 0.3 is 0 Å². The van der Waals surface area contributed by atoms with E-state index in [2.05, 4.69) is 21.3 Å². The second-order valence-corrected chi connectivity index (χ2v) is 8.22. The highest BCUT2D eigenvalue weighted by atomic mass is 16.2. The van der Waals surface area contributed by atoms with Crippen molar-refractivity contribution in [2.75, 3.05) is 22.5 Å². The quantitative estimate of drug-likeness (QED) is 0.361. The number of hydrogen-bond acceptors (Lipinski definition) is 4. The Morgan fingerprint density at radius 3 is 1.85 bits per heavy atom. The minimum absolute atomic E-state index is 0.0578. The Balaban J connectivity index is 1.41. The second kappa shape index (κ2) is 12.2. The molecule has 0 aliphatic rings. The molecule has 34 heavy (non-hydrogen) atoms. The van der Waals surface area contributed by atoms with Crippen LogP contribution in [0, 0.1) is 0 Å². The summed E-state index contributed by atoms with van der Waals surface area (Å²) in [5.41, 5.74) is 3.74. The maximum Gasteiger partial charge on any atom is 0.251 e. The molecule has 4 N–H and O–H groups in total. The van der Waals surface area contributed by atoms with Crippen molar-refractivity contribution in [3.8, 4) is 0 Å². The Labute approximate surface area is 200 Å². The van der Waals surface area contributed by atoms with Gasteiger partial charge in [0.1, 0.15) is 0 Å². The molecule has 0 aliphatic heterocycles. The van der Waals surface area contributed by atoms with E-state index < -0.39 is 0 Å². The number of carbonyl (C=O) groups is 3. The van der Waals surface area contributed by atoms with Crippen LogP contribution in [0.25, 0.3) is 0 Å². The minimum atomic E-state index is -0.207. The van der Waals surface area contributed by atoms with E-state index in [0.29, 0.717) is 29.8 Å². The Hall–Kier alpha value is -4.13. The van der Waals surface area contributed by atoms with E-state index >= 15 is 0 Å². The zero-order chi connectivity index (χ0) is 24.3. The third-order valence-corrected chi connectivity index (χ3v) is 4.96. The molecule has 0 spiro atoms. The van der Waals surface area contributed by atoms with Crippen LogP contribution in [0.15, 0.2) is 78.9 Å². The van der Waals surface area contributed by atoms with Gasteiger partial charge in [-0.15, -0.1) is 0 Å². The molecule has 0 heterocycles. The van der Waals surface area contributed by atoms with Crippen LogP contribution in [0.2, 0.25) is 0 Å². The van der Waals surface area contributed by atoms with E-state index in [0.717, 1.165) is 11.3 Å². The van der Waals surface area contributed by atoms with Crippen LogP contribution in [0.5, 0.6) is 0 Å². The number of benzene rings is 3. The summed E-state index contributed by atoms with van der Waals surface area (Å²) in [7, 11) is 0. The molecule has 3 aromatic carbocycles. The third kappa shape index (κ3) is 8.09. The number of nitrogens with one attached hydrogen (secondary N) is 4.